The smallest absolute Gasteiger partial charge is 0.411 e. The Labute approximate surface area is 475 Å². The zero-order valence-corrected chi connectivity index (χ0v) is 49.1. The summed E-state index contributed by atoms with van der Waals surface area (Å²) in [5, 5.41) is 54.3. The van der Waals surface area contributed by atoms with Crippen LogP contribution in [0.1, 0.15) is 176 Å². The Kier molecular flexibility index (Phi) is 17.6. The Hall–Kier alpha value is -2.74. The van der Waals surface area contributed by atoms with Crippen molar-refractivity contribution in [2.75, 3.05) is 23.8 Å². The van der Waals surface area contributed by atoms with E-state index in [4.69, 9.17) is 32.7 Å². The standard InChI is InChI=1S/C64H94Cl2FN3O8/c1-7-44-52-32-42(71)18-24-61(52,3)38-17-23-63(5)48(13-14-49(63)46(29-38)57(44)73)37(22-28-78-59(75)69-41-30-39(65)34-68-35-41)9-8-10-45-53-33-43(72)19-25-64(53,6)51-20-26-62(4)47(12-15-50(62)56(51)58(45)74)36(2)21-27-77-60(76)70-55-16-11-40(67)31-54(55)66/h11,16,30-31,34-38,42-53,56-58,71-74H,7-10,12-15,17-29,32-33H2,1-6H3,(H,69,75)(H,70,76)/t36-,37-,38?,42-,43-,44-,45-,46-,47-,48-,49+,50+,51+,52+,53+,56+,57-,58-,61-,62-,63-,64-/m1/s1. The van der Waals surface area contributed by atoms with Crippen LogP contribution in [0.5, 0.6) is 0 Å². The zero-order valence-electron chi connectivity index (χ0n) is 47.6. The van der Waals surface area contributed by atoms with Gasteiger partial charge in [0.1, 0.15) is 5.82 Å². The van der Waals surface area contributed by atoms with Crippen LogP contribution in [0.15, 0.2) is 36.7 Å². The lowest BCUT2D eigenvalue weighted by atomic mass is 9.41. The van der Waals surface area contributed by atoms with E-state index in [1.807, 2.05) is 0 Å². The monoisotopic (exact) mass is 1120 g/mol. The summed E-state index contributed by atoms with van der Waals surface area (Å²) in [6.07, 6.45) is 20.7. The first-order chi connectivity index (χ1) is 37.2. The number of nitrogens with one attached hydrogen (secondary N) is 2. The van der Waals surface area contributed by atoms with Gasteiger partial charge in [-0.2, -0.15) is 0 Å². The van der Waals surface area contributed by atoms with Crippen LogP contribution >= 0.6 is 23.2 Å². The van der Waals surface area contributed by atoms with E-state index < -0.39 is 24.1 Å². The third kappa shape index (κ3) is 11.0. The molecule has 1 aromatic heterocycles. The molecule has 8 fully saturated rings. The van der Waals surface area contributed by atoms with Crippen LogP contribution in [0.2, 0.25) is 10.0 Å². The Morgan fingerprint density at radius 1 is 0.692 bits per heavy atom. The maximum absolute atomic E-state index is 13.6. The van der Waals surface area contributed by atoms with Crippen LogP contribution in [0.4, 0.5) is 25.4 Å². The topological polar surface area (TPSA) is 170 Å². The number of carbonyl (C=O) groups is 2. The summed E-state index contributed by atoms with van der Waals surface area (Å²) in [5.74, 6) is 3.81. The lowest BCUT2D eigenvalue weighted by molar-refractivity contribution is -0.204. The van der Waals surface area contributed by atoms with Crippen LogP contribution in [0.25, 0.3) is 0 Å². The zero-order chi connectivity index (χ0) is 55.5. The number of hydrogen-bond acceptors (Lipinski definition) is 9. The molecule has 1 heterocycles. The Morgan fingerprint density at radius 3 is 2.04 bits per heavy atom. The molecule has 6 N–H and O–H groups in total. The minimum Gasteiger partial charge on any atom is -0.449 e. The van der Waals surface area contributed by atoms with Crippen molar-refractivity contribution in [1.82, 2.24) is 4.98 Å². The number of aliphatic hydroxyl groups excluding tert-OH is 4. The predicted molar refractivity (Wildman–Crippen MR) is 304 cm³/mol. The number of hydrogen-bond donors (Lipinski definition) is 6. The van der Waals surface area contributed by atoms with E-state index in [-0.39, 0.29) is 93.7 Å². The van der Waals surface area contributed by atoms with Gasteiger partial charge >= 0.3 is 12.2 Å². The number of aromatic nitrogens is 1. The van der Waals surface area contributed by atoms with Crippen molar-refractivity contribution >= 4 is 46.8 Å². The van der Waals surface area contributed by atoms with Gasteiger partial charge < -0.3 is 29.9 Å². The molecule has 22 atom stereocenters. The second kappa shape index (κ2) is 23.5. The Morgan fingerprint density at radius 2 is 1.32 bits per heavy atom. The van der Waals surface area contributed by atoms with Gasteiger partial charge in [-0.25, -0.2) is 14.0 Å². The summed E-state index contributed by atoms with van der Waals surface area (Å²) < 4.78 is 25.3. The molecule has 0 spiro atoms. The number of halogens is 3. The molecule has 2 aromatic rings. The van der Waals surface area contributed by atoms with E-state index in [2.05, 4.69) is 57.2 Å². The van der Waals surface area contributed by atoms with Crippen LogP contribution in [-0.2, 0) is 9.47 Å². The highest BCUT2D eigenvalue weighted by Gasteiger charge is 2.66. The average Bonchev–Trinajstić information content (AvgIpc) is 3.92. The lowest BCUT2D eigenvalue weighted by Crippen LogP contribution is -2.62. The van der Waals surface area contributed by atoms with Gasteiger partial charge in [0.25, 0.3) is 0 Å². The van der Waals surface area contributed by atoms with Crippen LogP contribution in [0.3, 0.4) is 0 Å². The number of nitrogens with zero attached hydrogens (tertiary/aromatic N) is 1. The van der Waals surface area contributed by atoms with E-state index in [1.54, 1.807) is 12.3 Å². The molecule has 8 saturated carbocycles. The van der Waals surface area contributed by atoms with Gasteiger partial charge in [0, 0.05) is 6.20 Å². The molecule has 14 heteroatoms. The third-order valence-electron chi connectivity index (χ3n) is 24.8. The van der Waals surface area contributed by atoms with E-state index >= 15 is 0 Å². The van der Waals surface area contributed by atoms with Crippen molar-refractivity contribution in [2.45, 2.75) is 201 Å². The largest absolute Gasteiger partial charge is 0.449 e. The van der Waals surface area contributed by atoms with Gasteiger partial charge in [-0.1, -0.05) is 84.0 Å². The molecule has 11 nitrogen and oxygen atoms in total. The molecule has 0 saturated heterocycles. The molecule has 8 aliphatic rings. The molecular weight excluding hydrogens is 1030 g/mol. The van der Waals surface area contributed by atoms with Crippen LogP contribution in [-0.4, -0.2) is 75.2 Å². The normalized spacial score (nSPS) is 42.5. The van der Waals surface area contributed by atoms with Crippen molar-refractivity contribution in [1.29, 1.82) is 0 Å². The average molecular weight is 1120 g/mol. The fourth-order valence-corrected chi connectivity index (χ4v) is 21.4. The quantitative estimate of drug-likeness (QED) is 0.102. The van der Waals surface area contributed by atoms with Gasteiger partial charge in [-0.05, 0) is 244 Å². The summed E-state index contributed by atoms with van der Waals surface area (Å²) in [4.78, 5) is 30.2. The number of rotatable bonds is 15. The summed E-state index contributed by atoms with van der Waals surface area (Å²) in [6.45, 7) is 15.2. The van der Waals surface area contributed by atoms with E-state index in [1.165, 1.54) is 18.3 Å². The number of carbonyl (C=O) groups excluding carboxylic acids is 2. The first-order valence-electron chi connectivity index (χ1n) is 30.8. The summed E-state index contributed by atoms with van der Waals surface area (Å²) >= 11 is 12.4. The highest BCUT2D eigenvalue weighted by atomic mass is 35.5. The fourth-order valence-electron chi connectivity index (χ4n) is 21.0. The highest BCUT2D eigenvalue weighted by molar-refractivity contribution is 6.33. The summed E-state index contributed by atoms with van der Waals surface area (Å²) in [7, 11) is 0. The van der Waals surface area contributed by atoms with E-state index in [9.17, 15) is 34.4 Å². The number of benzene rings is 1. The van der Waals surface area contributed by atoms with E-state index in [0.29, 0.717) is 63.7 Å². The Bertz CT molecular complexity index is 2440. The molecule has 0 aliphatic heterocycles. The van der Waals surface area contributed by atoms with Crippen molar-refractivity contribution < 1.29 is 43.9 Å². The van der Waals surface area contributed by atoms with Gasteiger partial charge in [0.2, 0.25) is 0 Å². The van der Waals surface area contributed by atoms with Crippen molar-refractivity contribution in [3.63, 3.8) is 0 Å². The highest BCUT2D eigenvalue weighted by Crippen LogP contribution is 2.71. The predicted octanol–water partition coefficient (Wildman–Crippen LogP) is 14.8. The maximum Gasteiger partial charge on any atom is 0.411 e. The van der Waals surface area contributed by atoms with Crippen molar-refractivity contribution in [2.24, 2.45) is 105 Å². The van der Waals surface area contributed by atoms with Gasteiger partial charge in [0.15, 0.2) is 0 Å². The molecule has 2 amide bonds. The first kappa shape index (κ1) is 58.5. The van der Waals surface area contributed by atoms with E-state index in [0.717, 1.165) is 141 Å². The number of ether oxygens (including phenoxy) is 2. The maximum atomic E-state index is 13.6. The lowest BCUT2D eigenvalue weighted by Gasteiger charge is -2.65. The molecule has 0 radical (unpaired) electrons. The van der Waals surface area contributed by atoms with Crippen molar-refractivity contribution in [3.8, 4) is 0 Å². The number of aliphatic hydroxyl groups is 4. The number of anilines is 2. The molecule has 8 aliphatic carbocycles. The SMILES string of the molecule is CC[C@H]1[C@@H](O)[C@@H]2CC(CC[C@]3(C)[C@@H]([C@H](CCC[C@H]4[C@@H](O)[C@@H]5[C@H](CC[C@]6(C)[C@@H]([C@H](C)CCOC(=O)Nc7ccc(F)cc7Cl)CC[C@@H]56)[C@@]5(C)CC[C@@H](O)C[C@@H]45)CCOC(=O)Nc4cncc(Cl)c4)CC[C@@H]23)[C@@]2(C)CC[C@@H](O)C[C@@H]12. The summed E-state index contributed by atoms with van der Waals surface area (Å²) in [6, 6.07) is 5.51. The molecule has 1 unspecified atom stereocenters. The number of fused-ring (bicyclic) bond motifs is 11. The third-order valence-corrected chi connectivity index (χ3v) is 25.3. The van der Waals surface area contributed by atoms with Crippen molar-refractivity contribution in [3.05, 3.63) is 52.5 Å². The fraction of sp³-hybridized carbons (Fsp3) is 0.797. The van der Waals surface area contributed by atoms with Crippen LogP contribution < -0.4 is 10.6 Å². The molecule has 2 bridgehead atoms. The molecule has 10 rings (SSSR count). The summed E-state index contributed by atoms with van der Waals surface area (Å²) in [5.41, 5.74) is 0.977. The first-order valence-corrected chi connectivity index (χ1v) is 31.6. The molecule has 78 heavy (non-hydrogen) atoms. The van der Waals surface area contributed by atoms with Gasteiger partial charge in [-0.3, -0.25) is 15.6 Å². The second-order valence-corrected chi connectivity index (χ2v) is 28.9. The molecule has 1 aromatic carbocycles. The molecular formula is C64H94Cl2FN3O8. The van der Waals surface area contributed by atoms with Gasteiger partial charge in [-0.15, -0.1) is 0 Å². The van der Waals surface area contributed by atoms with Crippen LogP contribution in [0, 0.1) is 110 Å². The number of amides is 2. The Balaban J connectivity index is 0.858. The minimum absolute atomic E-state index is 0.0125. The minimum atomic E-state index is -0.610. The number of pyridine rings is 1. The molecule has 434 valence electrons. The second-order valence-electron chi connectivity index (χ2n) is 28.0. The van der Waals surface area contributed by atoms with Gasteiger partial charge in [0.05, 0.1) is 65.2 Å².